The minimum Gasteiger partial charge on any atom is -0.287 e. The van der Waals surface area contributed by atoms with Gasteiger partial charge in [-0.05, 0) is 37.7 Å². The van der Waals surface area contributed by atoms with Crippen LogP contribution in [0.4, 0.5) is 0 Å². The average Bonchev–Trinajstić information content (AvgIpc) is 2.85. The third-order valence-corrected chi connectivity index (χ3v) is 7.86. The van der Waals surface area contributed by atoms with E-state index in [4.69, 9.17) is 28.2 Å². The lowest BCUT2D eigenvalue weighted by molar-refractivity contribution is 0.585. The van der Waals surface area contributed by atoms with E-state index in [1.807, 2.05) is 4.57 Å². The first-order valence-corrected chi connectivity index (χ1v) is 10.6. The predicted molar refractivity (Wildman–Crippen MR) is 99.5 cm³/mol. The molecule has 0 spiro atoms. The number of fused-ring (bicyclic) bond motifs is 3. The van der Waals surface area contributed by atoms with Crippen molar-refractivity contribution in [1.29, 1.82) is 0 Å². The lowest BCUT2D eigenvalue weighted by atomic mass is 10.2. The van der Waals surface area contributed by atoms with Gasteiger partial charge in [0.05, 0.1) is 5.39 Å². The zero-order valence-corrected chi connectivity index (χ0v) is 16.0. The van der Waals surface area contributed by atoms with Gasteiger partial charge in [0, 0.05) is 23.1 Å². The van der Waals surface area contributed by atoms with Crippen molar-refractivity contribution in [3.8, 4) is 0 Å². The van der Waals surface area contributed by atoms with Gasteiger partial charge in [-0.1, -0.05) is 18.7 Å². The molecule has 1 saturated carbocycles. The standard InChI is InChI=1S/C16H18Cl2N2OS2/c1-2-6-20-14(21)12-10-4-3-5-11(10)23-13(12)19-15(20)22-8-9-7-16(9,17)18/h9H,2-8H2,1H3/t9-/m0/s1. The molecule has 0 unspecified atom stereocenters. The summed E-state index contributed by atoms with van der Waals surface area (Å²) in [6, 6.07) is 0. The molecule has 3 nitrogen and oxygen atoms in total. The van der Waals surface area contributed by atoms with Gasteiger partial charge in [0.1, 0.15) is 9.16 Å². The topological polar surface area (TPSA) is 34.9 Å². The number of hydrogen-bond acceptors (Lipinski definition) is 4. The molecule has 0 saturated heterocycles. The number of halogens is 2. The van der Waals surface area contributed by atoms with Crippen LogP contribution in [0, 0.1) is 5.92 Å². The number of alkyl halides is 2. The normalized spacial score (nSPS) is 21.8. The summed E-state index contributed by atoms with van der Waals surface area (Å²) in [5, 5.41) is 1.69. The molecule has 1 atom stereocenters. The van der Waals surface area contributed by atoms with E-state index < -0.39 is 4.33 Å². The van der Waals surface area contributed by atoms with Crippen LogP contribution in [0.1, 0.15) is 36.6 Å². The van der Waals surface area contributed by atoms with E-state index >= 15 is 0 Å². The Bertz CT molecular complexity index is 828. The molecule has 1 fully saturated rings. The molecule has 7 heteroatoms. The van der Waals surface area contributed by atoms with Crippen molar-refractivity contribution in [2.75, 3.05) is 5.75 Å². The van der Waals surface area contributed by atoms with Gasteiger partial charge >= 0.3 is 0 Å². The van der Waals surface area contributed by atoms with Gasteiger partial charge in [0.25, 0.3) is 5.56 Å². The van der Waals surface area contributed by atoms with Crippen molar-refractivity contribution in [1.82, 2.24) is 9.55 Å². The van der Waals surface area contributed by atoms with E-state index in [1.165, 1.54) is 10.4 Å². The number of aromatic nitrogens is 2. The van der Waals surface area contributed by atoms with E-state index in [-0.39, 0.29) is 5.56 Å². The fourth-order valence-electron chi connectivity index (χ4n) is 3.21. The lowest BCUT2D eigenvalue weighted by Crippen LogP contribution is -2.23. The third kappa shape index (κ3) is 2.84. The van der Waals surface area contributed by atoms with Crippen molar-refractivity contribution in [2.45, 2.75) is 55.1 Å². The Labute approximate surface area is 153 Å². The Balaban J connectivity index is 1.74. The molecule has 2 heterocycles. The van der Waals surface area contributed by atoms with Crippen molar-refractivity contribution in [3.63, 3.8) is 0 Å². The Hall–Kier alpha value is -0.230. The largest absolute Gasteiger partial charge is 0.287 e. The van der Waals surface area contributed by atoms with Crippen LogP contribution < -0.4 is 5.56 Å². The molecule has 0 aliphatic heterocycles. The molecule has 2 aromatic rings. The summed E-state index contributed by atoms with van der Waals surface area (Å²) in [6.45, 7) is 2.80. The zero-order chi connectivity index (χ0) is 16.2. The Morgan fingerprint density at radius 2 is 2.22 bits per heavy atom. The Kier molecular flexibility index (Phi) is 4.20. The lowest BCUT2D eigenvalue weighted by Gasteiger charge is -2.11. The first kappa shape index (κ1) is 16.2. The first-order chi connectivity index (χ1) is 11.0. The van der Waals surface area contributed by atoms with Crippen LogP contribution in [0.2, 0.25) is 0 Å². The van der Waals surface area contributed by atoms with E-state index in [9.17, 15) is 4.79 Å². The first-order valence-electron chi connectivity index (χ1n) is 8.07. The maximum Gasteiger partial charge on any atom is 0.263 e. The molecule has 2 aliphatic carbocycles. The van der Waals surface area contributed by atoms with Gasteiger partial charge in [0.2, 0.25) is 0 Å². The molecule has 2 aliphatic rings. The average molecular weight is 389 g/mol. The van der Waals surface area contributed by atoms with E-state index in [1.54, 1.807) is 23.1 Å². The second-order valence-corrected chi connectivity index (χ2v) is 9.97. The highest BCUT2D eigenvalue weighted by molar-refractivity contribution is 7.99. The van der Waals surface area contributed by atoms with Gasteiger partial charge in [-0.25, -0.2) is 4.98 Å². The number of thiophene rings is 1. The SMILES string of the molecule is CCCn1c(SC[C@@H]2CC2(Cl)Cl)nc2sc3c(c2c1=O)CCC3. The molecule has 23 heavy (non-hydrogen) atoms. The molecule has 0 N–H and O–H groups in total. The van der Waals surface area contributed by atoms with Crippen molar-refractivity contribution in [3.05, 3.63) is 20.8 Å². The summed E-state index contributed by atoms with van der Waals surface area (Å²) in [7, 11) is 0. The van der Waals surface area contributed by atoms with Gasteiger partial charge < -0.3 is 0 Å². The number of aryl methyl sites for hydroxylation is 2. The minimum absolute atomic E-state index is 0.137. The second kappa shape index (κ2) is 5.94. The predicted octanol–water partition coefficient (Wildman–Crippen LogP) is 4.64. The van der Waals surface area contributed by atoms with Crippen LogP contribution in [-0.4, -0.2) is 19.6 Å². The molecule has 0 bridgehead atoms. The molecule has 0 amide bonds. The number of rotatable bonds is 5. The highest BCUT2D eigenvalue weighted by Crippen LogP contribution is 2.54. The smallest absolute Gasteiger partial charge is 0.263 e. The summed E-state index contributed by atoms with van der Waals surface area (Å²) >= 11 is 15.6. The van der Waals surface area contributed by atoms with E-state index in [0.717, 1.165) is 53.2 Å². The van der Waals surface area contributed by atoms with Crippen molar-refractivity contribution in [2.24, 2.45) is 5.92 Å². The van der Waals surface area contributed by atoms with E-state index in [2.05, 4.69) is 6.92 Å². The molecule has 4 rings (SSSR count). The van der Waals surface area contributed by atoms with Gasteiger partial charge in [-0.2, -0.15) is 0 Å². The fraction of sp³-hybridized carbons (Fsp3) is 0.625. The van der Waals surface area contributed by atoms with Crippen LogP contribution in [0.25, 0.3) is 10.2 Å². The second-order valence-electron chi connectivity index (χ2n) is 6.36. The maximum absolute atomic E-state index is 13.0. The third-order valence-electron chi connectivity index (χ3n) is 4.61. The zero-order valence-electron chi connectivity index (χ0n) is 12.9. The summed E-state index contributed by atoms with van der Waals surface area (Å²) in [5.74, 6) is 1.12. The van der Waals surface area contributed by atoms with Crippen LogP contribution in [0.3, 0.4) is 0 Å². The van der Waals surface area contributed by atoms with E-state index in [0.29, 0.717) is 12.5 Å². The maximum atomic E-state index is 13.0. The number of nitrogens with zero attached hydrogens (tertiary/aromatic N) is 2. The van der Waals surface area contributed by atoms with Crippen molar-refractivity contribution < 1.29 is 0 Å². The highest BCUT2D eigenvalue weighted by atomic mass is 35.5. The van der Waals surface area contributed by atoms with Crippen LogP contribution in [0.15, 0.2) is 9.95 Å². The fourth-order valence-corrected chi connectivity index (χ4v) is 6.47. The number of hydrogen-bond donors (Lipinski definition) is 0. The van der Waals surface area contributed by atoms with Crippen LogP contribution in [-0.2, 0) is 19.4 Å². The highest BCUT2D eigenvalue weighted by Gasteiger charge is 2.51. The molecule has 0 aromatic carbocycles. The Morgan fingerprint density at radius 1 is 1.43 bits per heavy atom. The van der Waals surface area contributed by atoms with Gasteiger partial charge in [-0.3, -0.25) is 9.36 Å². The quantitative estimate of drug-likeness (QED) is 0.424. The van der Waals surface area contributed by atoms with Crippen molar-refractivity contribution >= 4 is 56.5 Å². The van der Waals surface area contributed by atoms with Crippen LogP contribution in [0.5, 0.6) is 0 Å². The molecule has 0 radical (unpaired) electrons. The molecular formula is C16H18Cl2N2OS2. The number of thioether (sulfide) groups is 1. The summed E-state index contributed by atoms with van der Waals surface area (Å²) < 4.78 is 1.28. The Morgan fingerprint density at radius 3 is 2.91 bits per heavy atom. The summed E-state index contributed by atoms with van der Waals surface area (Å²) in [6.07, 6.45) is 5.03. The minimum atomic E-state index is -0.572. The summed E-state index contributed by atoms with van der Waals surface area (Å²) in [5.41, 5.74) is 1.39. The van der Waals surface area contributed by atoms with Gasteiger partial charge in [0.15, 0.2) is 5.16 Å². The van der Waals surface area contributed by atoms with Gasteiger partial charge in [-0.15, -0.1) is 34.5 Å². The molecule has 124 valence electrons. The molecular weight excluding hydrogens is 371 g/mol. The van der Waals surface area contributed by atoms with Crippen LogP contribution >= 0.6 is 46.3 Å². The summed E-state index contributed by atoms with van der Waals surface area (Å²) in [4.78, 5) is 20.1. The monoisotopic (exact) mass is 388 g/mol. The molecule has 2 aromatic heterocycles.